The Hall–Kier alpha value is -0.530. The summed E-state index contributed by atoms with van der Waals surface area (Å²) in [4.78, 5) is 6.07. The molecule has 0 aliphatic carbocycles. The lowest BCUT2D eigenvalue weighted by Crippen LogP contribution is -2.47. The first-order valence-corrected chi connectivity index (χ1v) is 5.33. The largest absolute Gasteiger partial charge is 0.349 e. The van der Waals surface area contributed by atoms with Gasteiger partial charge in [-0.2, -0.15) is 0 Å². The number of nitrogens with zero attached hydrogens (tertiary/aromatic N) is 2. The second-order valence-electron chi connectivity index (χ2n) is 3.72. The lowest BCUT2D eigenvalue weighted by atomic mass is 10.2. The van der Waals surface area contributed by atoms with Crippen molar-refractivity contribution < 1.29 is 0 Å². The van der Waals surface area contributed by atoms with Gasteiger partial charge in [0.15, 0.2) is 5.96 Å². The highest BCUT2D eigenvalue weighted by Crippen LogP contribution is 2.04. The van der Waals surface area contributed by atoms with Crippen LogP contribution in [0.1, 0.15) is 20.8 Å². The van der Waals surface area contributed by atoms with Crippen LogP contribution in [0.15, 0.2) is 4.99 Å². The van der Waals surface area contributed by atoms with E-state index in [0.29, 0.717) is 5.96 Å². The highest BCUT2D eigenvalue weighted by atomic mass is 127. The van der Waals surface area contributed by atoms with Crippen LogP contribution in [0.25, 0.3) is 0 Å². The molecule has 0 saturated heterocycles. The molecule has 82 valence electrons. The first-order chi connectivity index (χ1) is 6.28. The minimum atomic E-state index is -0.469. The fraction of sp³-hybridized carbons (Fsp3) is 0.750. The van der Waals surface area contributed by atoms with Crippen molar-refractivity contribution in [2.75, 3.05) is 14.1 Å². The summed E-state index contributed by atoms with van der Waals surface area (Å²) in [5, 5.41) is 10.6. The molecule has 14 heavy (non-hydrogen) atoms. The molecular weight excluding hydrogens is 293 g/mol. The molecule has 0 spiro atoms. The van der Waals surface area contributed by atoms with Crippen molar-refractivity contribution >= 4 is 34.7 Å². The summed E-state index contributed by atoms with van der Waals surface area (Å²) in [5.74, 6) is 1.18. The lowest BCUT2D eigenvalue weighted by Gasteiger charge is -2.26. The monoisotopic (exact) mass is 311 g/mol. The molecule has 0 aliphatic heterocycles. The van der Waals surface area contributed by atoms with Gasteiger partial charge in [0.25, 0.3) is 0 Å². The number of hydrogen-bond acceptors (Lipinski definition) is 2. The van der Waals surface area contributed by atoms with Crippen molar-refractivity contribution in [3.63, 3.8) is 0 Å². The molecule has 0 amide bonds. The summed E-state index contributed by atoms with van der Waals surface area (Å²) < 4.78 is 2.92. The third-order valence-corrected chi connectivity index (χ3v) is 2.24. The van der Waals surface area contributed by atoms with Crippen LogP contribution in [0.2, 0.25) is 0 Å². The second kappa shape index (κ2) is 5.38. The zero-order chi connectivity index (χ0) is 11.4. The van der Waals surface area contributed by atoms with E-state index in [0.717, 1.165) is 5.84 Å². The topological polar surface area (TPSA) is 63.5 Å². The summed E-state index contributed by atoms with van der Waals surface area (Å²) in [6.45, 7) is 5.72. The summed E-state index contributed by atoms with van der Waals surface area (Å²) in [6, 6.07) is 0. The first kappa shape index (κ1) is 13.5. The van der Waals surface area contributed by atoms with Gasteiger partial charge >= 0.3 is 0 Å². The molecule has 0 atom stereocenters. The van der Waals surface area contributed by atoms with Gasteiger partial charge in [-0.1, -0.05) is 0 Å². The van der Waals surface area contributed by atoms with Crippen LogP contribution in [-0.4, -0.2) is 36.5 Å². The SMILES string of the molecule is CC(=NC(C)(C)NC(=N)N(C)C)NI. The zero-order valence-electron chi connectivity index (χ0n) is 9.27. The van der Waals surface area contributed by atoms with Crippen molar-refractivity contribution in [2.45, 2.75) is 26.4 Å². The Bertz CT molecular complexity index is 234. The number of halogens is 1. The molecule has 0 aromatic rings. The van der Waals surface area contributed by atoms with Gasteiger partial charge in [-0.3, -0.25) is 5.41 Å². The smallest absolute Gasteiger partial charge is 0.192 e. The summed E-state index contributed by atoms with van der Waals surface area (Å²) >= 11 is 2.03. The molecule has 0 unspecified atom stereocenters. The lowest BCUT2D eigenvalue weighted by molar-refractivity contribution is 0.445. The van der Waals surface area contributed by atoms with Crippen LogP contribution < -0.4 is 8.85 Å². The molecule has 5 nitrogen and oxygen atoms in total. The molecule has 3 N–H and O–H groups in total. The van der Waals surface area contributed by atoms with Gasteiger partial charge in [-0.05, 0) is 20.8 Å². The van der Waals surface area contributed by atoms with Gasteiger partial charge in [0.1, 0.15) is 11.5 Å². The molecule has 0 saturated carbocycles. The van der Waals surface area contributed by atoms with Crippen LogP contribution in [-0.2, 0) is 0 Å². The Morgan fingerprint density at radius 2 is 1.93 bits per heavy atom. The number of nitrogens with one attached hydrogen (secondary N) is 3. The first-order valence-electron chi connectivity index (χ1n) is 4.25. The highest BCUT2D eigenvalue weighted by molar-refractivity contribution is 14.1. The van der Waals surface area contributed by atoms with E-state index in [2.05, 4.69) is 13.8 Å². The molecular formula is C8H18IN5. The van der Waals surface area contributed by atoms with Crippen molar-refractivity contribution in [3.8, 4) is 0 Å². The molecule has 0 radical (unpaired) electrons. The van der Waals surface area contributed by atoms with E-state index >= 15 is 0 Å². The van der Waals surface area contributed by atoms with E-state index in [1.165, 1.54) is 0 Å². The molecule has 0 bridgehead atoms. The predicted octanol–water partition coefficient (Wildman–Crippen LogP) is 1.17. The van der Waals surface area contributed by atoms with E-state index in [-0.39, 0.29) is 0 Å². The fourth-order valence-electron chi connectivity index (χ4n) is 0.870. The zero-order valence-corrected chi connectivity index (χ0v) is 11.4. The number of amidine groups is 1. The average molecular weight is 311 g/mol. The quantitative estimate of drug-likeness (QED) is 0.310. The number of rotatable bonds is 2. The van der Waals surface area contributed by atoms with Crippen LogP contribution in [0.4, 0.5) is 0 Å². The molecule has 0 aliphatic rings. The summed E-state index contributed by atoms with van der Waals surface area (Å²) in [5.41, 5.74) is -0.469. The van der Waals surface area contributed by atoms with Gasteiger partial charge in [0, 0.05) is 14.1 Å². The van der Waals surface area contributed by atoms with Crippen molar-refractivity contribution in [2.24, 2.45) is 4.99 Å². The highest BCUT2D eigenvalue weighted by Gasteiger charge is 2.17. The second-order valence-corrected chi connectivity index (χ2v) is 4.26. The standard InChI is InChI=1S/C8H18IN5/c1-6(13-9)11-8(2,3)12-7(10)14(4)5/h1-5H3,(H2,10,12)(H,11,13). The number of hydrogen-bond donors (Lipinski definition) is 3. The third-order valence-electron chi connectivity index (χ3n) is 1.46. The Labute approximate surface area is 99.4 Å². The maximum absolute atomic E-state index is 7.62. The fourth-order valence-corrected chi connectivity index (χ4v) is 0.991. The maximum atomic E-state index is 7.62. The minimum Gasteiger partial charge on any atom is -0.349 e. The van der Waals surface area contributed by atoms with Crippen LogP contribution in [0.3, 0.4) is 0 Å². The van der Waals surface area contributed by atoms with Gasteiger partial charge in [0.05, 0.1) is 22.9 Å². The van der Waals surface area contributed by atoms with Gasteiger partial charge in [-0.15, -0.1) is 0 Å². The van der Waals surface area contributed by atoms with Crippen molar-refractivity contribution in [3.05, 3.63) is 0 Å². The van der Waals surface area contributed by atoms with Crippen molar-refractivity contribution in [1.29, 1.82) is 5.41 Å². The Morgan fingerprint density at radius 1 is 1.43 bits per heavy atom. The van der Waals surface area contributed by atoms with Crippen LogP contribution >= 0.6 is 22.9 Å². The molecule has 0 aromatic carbocycles. The maximum Gasteiger partial charge on any atom is 0.192 e. The Kier molecular flexibility index (Phi) is 5.17. The molecule has 0 rings (SSSR count). The van der Waals surface area contributed by atoms with E-state index in [1.807, 2.05) is 57.7 Å². The molecule has 0 fully saturated rings. The van der Waals surface area contributed by atoms with E-state index in [1.54, 1.807) is 4.90 Å². The molecule has 6 heteroatoms. The van der Waals surface area contributed by atoms with Crippen LogP contribution in [0.5, 0.6) is 0 Å². The predicted molar refractivity (Wildman–Crippen MR) is 68.9 cm³/mol. The molecule has 0 heterocycles. The summed E-state index contributed by atoms with van der Waals surface area (Å²) in [6.07, 6.45) is 0. The number of aliphatic imine (C=N–C) groups is 1. The number of guanidine groups is 1. The van der Waals surface area contributed by atoms with E-state index < -0.39 is 5.66 Å². The normalized spacial score (nSPS) is 12.3. The van der Waals surface area contributed by atoms with Crippen LogP contribution in [0, 0.1) is 5.41 Å². The van der Waals surface area contributed by atoms with Gasteiger partial charge < -0.3 is 13.7 Å². The average Bonchev–Trinajstić information content (AvgIpc) is 2.02. The molecule has 0 aromatic heterocycles. The minimum absolute atomic E-state index is 0.347. The van der Waals surface area contributed by atoms with Gasteiger partial charge in [-0.25, -0.2) is 4.99 Å². The van der Waals surface area contributed by atoms with E-state index in [9.17, 15) is 0 Å². The Balaban J connectivity index is 4.42. The van der Waals surface area contributed by atoms with E-state index in [4.69, 9.17) is 5.41 Å². The van der Waals surface area contributed by atoms with Crippen molar-refractivity contribution in [1.82, 2.24) is 13.7 Å². The Morgan fingerprint density at radius 3 is 2.29 bits per heavy atom. The summed E-state index contributed by atoms with van der Waals surface area (Å²) in [7, 11) is 3.64. The third kappa shape index (κ3) is 5.25. The van der Waals surface area contributed by atoms with Gasteiger partial charge in [0.2, 0.25) is 0 Å².